The van der Waals surface area contributed by atoms with Crippen LogP contribution in [0.5, 0.6) is 5.75 Å². The molecule has 6 heteroatoms. The van der Waals surface area contributed by atoms with E-state index in [2.05, 4.69) is 10.6 Å². The molecule has 0 aromatic heterocycles. The third-order valence-electron chi connectivity index (χ3n) is 2.40. The number of aliphatic carboxylic acids is 1. The van der Waals surface area contributed by atoms with Gasteiger partial charge in [-0.15, -0.1) is 0 Å². The number of carboxylic acids is 1. The first-order chi connectivity index (χ1) is 8.43. The number of urea groups is 1. The zero-order valence-corrected chi connectivity index (χ0v) is 10.5. The van der Waals surface area contributed by atoms with Gasteiger partial charge >= 0.3 is 12.0 Å². The van der Waals surface area contributed by atoms with E-state index in [9.17, 15) is 9.59 Å². The molecule has 0 aliphatic carbocycles. The highest BCUT2D eigenvalue weighted by molar-refractivity contribution is 5.92. The summed E-state index contributed by atoms with van der Waals surface area (Å²) in [6.45, 7) is 3.21. The van der Waals surface area contributed by atoms with Crippen LogP contribution in [-0.2, 0) is 4.79 Å². The molecule has 0 aliphatic rings. The standard InChI is InChI=1S/C12H16N2O4/c1-7-6-9(18-3)4-5-10(7)14-12(17)13-8(2)11(15)16/h4-6,8H,1-3H3,(H,15,16)(H2,13,14,17)/t8-/m1/s1. The first-order valence-electron chi connectivity index (χ1n) is 5.39. The van der Waals surface area contributed by atoms with Crippen molar-refractivity contribution in [1.29, 1.82) is 0 Å². The van der Waals surface area contributed by atoms with Crippen molar-refractivity contribution in [2.45, 2.75) is 19.9 Å². The lowest BCUT2D eigenvalue weighted by atomic mass is 10.2. The van der Waals surface area contributed by atoms with Crippen LogP contribution in [0.25, 0.3) is 0 Å². The monoisotopic (exact) mass is 252 g/mol. The molecule has 0 fully saturated rings. The molecular weight excluding hydrogens is 236 g/mol. The van der Waals surface area contributed by atoms with Gasteiger partial charge in [-0.2, -0.15) is 0 Å². The number of hydrogen-bond donors (Lipinski definition) is 3. The molecule has 1 atom stereocenters. The number of anilines is 1. The van der Waals surface area contributed by atoms with Gasteiger partial charge in [0.1, 0.15) is 11.8 Å². The highest BCUT2D eigenvalue weighted by atomic mass is 16.5. The second-order valence-corrected chi connectivity index (χ2v) is 3.84. The van der Waals surface area contributed by atoms with E-state index in [0.29, 0.717) is 11.4 Å². The third kappa shape index (κ3) is 3.65. The van der Waals surface area contributed by atoms with Gasteiger partial charge in [0.05, 0.1) is 7.11 Å². The summed E-state index contributed by atoms with van der Waals surface area (Å²) in [6, 6.07) is 3.68. The van der Waals surface area contributed by atoms with E-state index in [-0.39, 0.29) is 0 Å². The summed E-state index contributed by atoms with van der Waals surface area (Å²) in [5, 5.41) is 13.5. The predicted octanol–water partition coefficient (Wildman–Crippen LogP) is 1.60. The maximum atomic E-state index is 11.5. The van der Waals surface area contributed by atoms with Crippen molar-refractivity contribution in [3.05, 3.63) is 23.8 Å². The fourth-order valence-electron chi connectivity index (χ4n) is 1.32. The molecule has 0 spiro atoms. The van der Waals surface area contributed by atoms with Crippen LogP contribution in [0.1, 0.15) is 12.5 Å². The van der Waals surface area contributed by atoms with Gasteiger partial charge in [0, 0.05) is 5.69 Å². The zero-order chi connectivity index (χ0) is 13.7. The van der Waals surface area contributed by atoms with Crippen molar-refractivity contribution in [2.24, 2.45) is 0 Å². The number of amides is 2. The maximum Gasteiger partial charge on any atom is 0.325 e. The minimum absolute atomic E-state index is 0.557. The maximum absolute atomic E-state index is 11.5. The largest absolute Gasteiger partial charge is 0.497 e. The number of benzene rings is 1. The molecule has 0 bridgehead atoms. The molecule has 0 heterocycles. The Balaban J connectivity index is 2.67. The number of aryl methyl sites for hydroxylation is 1. The van der Waals surface area contributed by atoms with Gasteiger partial charge in [0.25, 0.3) is 0 Å². The van der Waals surface area contributed by atoms with E-state index in [4.69, 9.17) is 9.84 Å². The number of carbonyl (C=O) groups excluding carboxylic acids is 1. The zero-order valence-electron chi connectivity index (χ0n) is 10.5. The number of nitrogens with one attached hydrogen (secondary N) is 2. The number of ether oxygens (including phenoxy) is 1. The van der Waals surface area contributed by atoms with Gasteiger partial charge in [-0.3, -0.25) is 4.79 Å². The van der Waals surface area contributed by atoms with Crippen molar-refractivity contribution in [1.82, 2.24) is 5.32 Å². The number of rotatable bonds is 4. The summed E-state index contributed by atoms with van der Waals surface area (Å²) in [5.41, 5.74) is 1.43. The number of carboxylic acid groups (broad SMARTS) is 1. The molecule has 2 amide bonds. The van der Waals surface area contributed by atoms with Gasteiger partial charge in [0.15, 0.2) is 0 Å². The lowest BCUT2D eigenvalue weighted by molar-refractivity contribution is -0.138. The number of carbonyl (C=O) groups is 2. The Labute approximate surface area is 105 Å². The van der Waals surface area contributed by atoms with Gasteiger partial charge in [-0.25, -0.2) is 4.79 Å². The SMILES string of the molecule is COc1ccc(NC(=O)N[C@H](C)C(=O)O)c(C)c1. The first kappa shape index (κ1) is 13.8. The van der Waals surface area contributed by atoms with Crippen molar-refractivity contribution >= 4 is 17.7 Å². The highest BCUT2D eigenvalue weighted by Gasteiger charge is 2.14. The molecule has 0 saturated heterocycles. The topological polar surface area (TPSA) is 87.7 Å². The Morgan fingerprint density at radius 3 is 2.56 bits per heavy atom. The molecule has 0 saturated carbocycles. The van der Waals surface area contributed by atoms with E-state index in [1.165, 1.54) is 6.92 Å². The van der Waals surface area contributed by atoms with Crippen molar-refractivity contribution in [2.75, 3.05) is 12.4 Å². The van der Waals surface area contributed by atoms with Crippen LogP contribution >= 0.6 is 0 Å². The highest BCUT2D eigenvalue weighted by Crippen LogP contribution is 2.20. The summed E-state index contributed by atoms with van der Waals surface area (Å²) in [5.74, 6) is -0.394. The molecule has 6 nitrogen and oxygen atoms in total. The van der Waals surface area contributed by atoms with Crippen LogP contribution in [0, 0.1) is 6.92 Å². The van der Waals surface area contributed by atoms with Crippen molar-refractivity contribution in [3.63, 3.8) is 0 Å². The smallest absolute Gasteiger partial charge is 0.325 e. The van der Waals surface area contributed by atoms with E-state index in [1.54, 1.807) is 25.3 Å². The average Bonchev–Trinajstić information content (AvgIpc) is 2.31. The minimum atomic E-state index is -1.09. The fraction of sp³-hybridized carbons (Fsp3) is 0.333. The predicted molar refractivity (Wildman–Crippen MR) is 67.0 cm³/mol. The van der Waals surface area contributed by atoms with Crippen LogP contribution in [0.3, 0.4) is 0 Å². The molecule has 1 aromatic carbocycles. The summed E-state index contributed by atoms with van der Waals surface area (Å²) >= 11 is 0. The average molecular weight is 252 g/mol. The summed E-state index contributed by atoms with van der Waals surface area (Å²) in [7, 11) is 1.56. The molecule has 0 aliphatic heterocycles. The van der Waals surface area contributed by atoms with Gasteiger partial charge < -0.3 is 20.5 Å². The minimum Gasteiger partial charge on any atom is -0.497 e. The lowest BCUT2D eigenvalue weighted by Gasteiger charge is -2.13. The molecule has 3 N–H and O–H groups in total. The van der Waals surface area contributed by atoms with Crippen LogP contribution in [0.2, 0.25) is 0 Å². The molecule has 1 aromatic rings. The normalized spacial score (nSPS) is 11.5. The Hall–Kier alpha value is -2.24. The second-order valence-electron chi connectivity index (χ2n) is 3.84. The van der Waals surface area contributed by atoms with E-state index < -0.39 is 18.0 Å². The molecule has 0 unspecified atom stereocenters. The van der Waals surface area contributed by atoms with E-state index in [0.717, 1.165) is 5.56 Å². The Morgan fingerprint density at radius 1 is 1.39 bits per heavy atom. The van der Waals surface area contributed by atoms with Crippen LogP contribution in [-0.4, -0.2) is 30.3 Å². The van der Waals surface area contributed by atoms with Crippen LogP contribution in [0.4, 0.5) is 10.5 Å². The molecule has 98 valence electrons. The van der Waals surface area contributed by atoms with E-state index in [1.807, 2.05) is 6.92 Å². The van der Waals surface area contributed by atoms with Gasteiger partial charge in [-0.1, -0.05) is 0 Å². The fourth-order valence-corrected chi connectivity index (χ4v) is 1.32. The lowest BCUT2D eigenvalue weighted by Crippen LogP contribution is -2.40. The van der Waals surface area contributed by atoms with Crippen molar-refractivity contribution in [3.8, 4) is 5.75 Å². The molecule has 0 radical (unpaired) electrons. The Kier molecular flexibility index (Phi) is 4.53. The van der Waals surface area contributed by atoms with Gasteiger partial charge in [-0.05, 0) is 37.6 Å². The quantitative estimate of drug-likeness (QED) is 0.759. The van der Waals surface area contributed by atoms with Gasteiger partial charge in [0.2, 0.25) is 0 Å². The number of hydrogen-bond acceptors (Lipinski definition) is 3. The number of methoxy groups -OCH3 is 1. The Morgan fingerprint density at radius 2 is 2.06 bits per heavy atom. The molecule has 1 rings (SSSR count). The second kappa shape index (κ2) is 5.90. The Bertz CT molecular complexity index is 459. The summed E-state index contributed by atoms with van der Waals surface area (Å²) < 4.78 is 5.04. The summed E-state index contributed by atoms with van der Waals surface area (Å²) in [4.78, 5) is 22.1. The molecular formula is C12H16N2O4. The van der Waals surface area contributed by atoms with E-state index >= 15 is 0 Å². The molecule has 18 heavy (non-hydrogen) atoms. The summed E-state index contributed by atoms with van der Waals surface area (Å²) in [6.07, 6.45) is 0. The van der Waals surface area contributed by atoms with Crippen LogP contribution < -0.4 is 15.4 Å². The first-order valence-corrected chi connectivity index (χ1v) is 5.39. The third-order valence-corrected chi connectivity index (χ3v) is 2.40. The van der Waals surface area contributed by atoms with Crippen molar-refractivity contribution < 1.29 is 19.4 Å². The van der Waals surface area contributed by atoms with Crippen LogP contribution in [0.15, 0.2) is 18.2 Å².